The maximum absolute atomic E-state index is 11.6. The summed E-state index contributed by atoms with van der Waals surface area (Å²) in [5, 5.41) is 3.80. The summed E-state index contributed by atoms with van der Waals surface area (Å²) in [6, 6.07) is 12.5. The van der Waals surface area contributed by atoms with E-state index < -0.39 is 0 Å². The molecule has 0 bridgehead atoms. The van der Waals surface area contributed by atoms with Crippen LogP contribution >= 0.6 is 0 Å². The van der Waals surface area contributed by atoms with Crippen LogP contribution in [0.3, 0.4) is 0 Å². The summed E-state index contributed by atoms with van der Waals surface area (Å²) in [4.78, 5) is 15.6. The van der Waals surface area contributed by atoms with E-state index in [4.69, 9.17) is 9.47 Å². The molecule has 2 rings (SSSR count). The van der Waals surface area contributed by atoms with Crippen molar-refractivity contribution in [3.05, 3.63) is 54.4 Å². The second-order valence-electron chi connectivity index (χ2n) is 3.99. The number of para-hydroxylation sites is 2. The zero-order chi connectivity index (χ0) is 14.9. The molecule has 21 heavy (non-hydrogen) atoms. The Bertz CT molecular complexity index is 615. The average Bonchev–Trinajstić information content (AvgIpc) is 2.54. The van der Waals surface area contributed by atoms with E-state index in [2.05, 4.69) is 15.5 Å². The number of carbonyl (C=O) groups excluding carboxylic acids is 1. The Morgan fingerprint density at radius 2 is 2.00 bits per heavy atom. The molecule has 0 saturated carbocycles. The van der Waals surface area contributed by atoms with Crippen molar-refractivity contribution >= 4 is 12.1 Å². The Hall–Kier alpha value is -2.89. The number of hydrogen-bond donors (Lipinski definition) is 1. The van der Waals surface area contributed by atoms with Gasteiger partial charge in [-0.05, 0) is 24.3 Å². The summed E-state index contributed by atoms with van der Waals surface area (Å²) in [5.74, 6) is 0.708. The number of hydrazone groups is 1. The van der Waals surface area contributed by atoms with Crippen molar-refractivity contribution in [1.82, 2.24) is 10.4 Å². The number of nitrogens with zero attached hydrogens (tertiary/aromatic N) is 2. The zero-order valence-electron chi connectivity index (χ0n) is 11.5. The Morgan fingerprint density at radius 3 is 2.71 bits per heavy atom. The topological polar surface area (TPSA) is 72.8 Å². The van der Waals surface area contributed by atoms with Crippen molar-refractivity contribution < 1.29 is 14.3 Å². The van der Waals surface area contributed by atoms with Gasteiger partial charge in [-0.3, -0.25) is 9.78 Å². The summed E-state index contributed by atoms with van der Waals surface area (Å²) in [6.07, 6.45) is 3.11. The number of benzene rings is 1. The van der Waals surface area contributed by atoms with Gasteiger partial charge in [0, 0.05) is 6.20 Å². The minimum atomic E-state index is -0.368. The summed E-state index contributed by atoms with van der Waals surface area (Å²) in [5.41, 5.74) is 3.02. The average molecular weight is 285 g/mol. The molecule has 0 fully saturated rings. The largest absolute Gasteiger partial charge is 0.493 e. The van der Waals surface area contributed by atoms with Crippen LogP contribution in [0.2, 0.25) is 0 Å². The van der Waals surface area contributed by atoms with E-state index in [-0.39, 0.29) is 12.5 Å². The molecule has 108 valence electrons. The number of rotatable bonds is 6. The first kappa shape index (κ1) is 14.5. The van der Waals surface area contributed by atoms with Crippen LogP contribution in [-0.2, 0) is 4.79 Å². The van der Waals surface area contributed by atoms with E-state index in [0.717, 1.165) is 0 Å². The van der Waals surface area contributed by atoms with Crippen LogP contribution in [-0.4, -0.2) is 30.8 Å². The summed E-state index contributed by atoms with van der Waals surface area (Å²) >= 11 is 0. The van der Waals surface area contributed by atoms with E-state index in [1.165, 1.54) is 6.21 Å². The fourth-order valence-corrected chi connectivity index (χ4v) is 1.54. The first-order chi connectivity index (χ1) is 10.3. The Morgan fingerprint density at radius 1 is 1.24 bits per heavy atom. The first-order valence-electron chi connectivity index (χ1n) is 6.28. The SMILES string of the molecule is COc1ccccc1OCC(=O)NN=Cc1ccccn1. The molecule has 0 aliphatic carbocycles. The van der Waals surface area contributed by atoms with Gasteiger partial charge in [0.05, 0.1) is 19.0 Å². The van der Waals surface area contributed by atoms with Crippen LogP contribution < -0.4 is 14.9 Å². The fraction of sp³-hybridized carbons (Fsp3) is 0.133. The van der Waals surface area contributed by atoms with Gasteiger partial charge in [-0.1, -0.05) is 18.2 Å². The molecule has 6 heteroatoms. The molecule has 0 unspecified atom stereocenters. The molecule has 1 aromatic carbocycles. The van der Waals surface area contributed by atoms with Crippen molar-refractivity contribution in [3.63, 3.8) is 0 Å². The minimum absolute atomic E-state index is 0.153. The van der Waals surface area contributed by atoms with Crippen LogP contribution in [0.1, 0.15) is 5.69 Å². The van der Waals surface area contributed by atoms with E-state index in [1.54, 1.807) is 43.6 Å². The molecule has 1 N–H and O–H groups in total. The van der Waals surface area contributed by atoms with E-state index in [0.29, 0.717) is 17.2 Å². The van der Waals surface area contributed by atoms with Gasteiger partial charge in [0.15, 0.2) is 18.1 Å². The highest BCUT2D eigenvalue weighted by atomic mass is 16.5. The normalized spacial score (nSPS) is 10.3. The molecule has 6 nitrogen and oxygen atoms in total. The van der Waals surface area contributed by atoms with Crippen molar-refractivity contribution in [2.45, 2.75) is 0 Å². The molecule has 2 aromatic rings. The van der Waals surface area contributed by atoms with Gasteiger partial charge < -0.3 is 9.47 Å². The van der Waals surface area contributed by atoms with Gasteiger partial charge in [-0.25, -0.2) is 5.43 Å². The van der Waals surface area contributed by atoms with Crippen molar-refractivity contribution in [2.24, 2.45) is 5.10 Å². The number of carbonyl (C=O) groups is 1. The number of methoxy groups -OCH3 is 1. The lowest BCUT2D eigenvalue weighted by Crippen LogP contribution is -2.24. The van der Waals surface area contributed by atoms with Gasteiger partial charge in [-0.2, -0.15) is 5.10 Å². The lowest BCUT2D eigenvalue weighted by Gasteiger charge is -2.09. The van der Waals surface area contributed by atoms with Crippen LogP contribution in [0.4, 0.5) is 0 Å². The first-order valence-corrected chi connectivity index (χ1v) is 6.28. The van der Waals surface area contributed by atoms with E-state index in [1.807, 2.05) is 12.1 Å². The number of pyridine rings is 1. The third-order valence-electron chi connectivity index (χ3n) is 2.50. The lowest BCUT2D eigenvalue weighted by molar-refractivity contribution is -0.123. The molecule has 0 radical (unpaired) electrons. The summed E-state index contributed by atoms with van der Waals surface area (Å²) in [7, 11) is 1.54. The monoisotopic (exact) mass is 285 g/mol. The third kappa shape index (κ3) is 4.61. The Kier molecular flexibility index (Phi) is 5.28. The predicted molar refractivity (Wildman–Crippen MR) is 78.5 cm³/mol. The third-order valence-corrected chi connectivity index (χ3v) is 2.50. The molecular weight excluding hydrogens is 270 g/mol. The number of ether oxygens (including phenoxy) is 2. The molecule has 0 aliphatic rings. The summed E-state index contributed by atoms with van der Waals surface area (Å²) < 4.78 is 10.5. The van der Waals surface area contributed by atoms with Gasteiger partial charge >= 0.3 is 0 Å². The smallest absolute Gasteiger partial charge is 0.277 e. The van der Waals surface area contributed by atoms with Crippen molar-refractivity contribution in [2.75, 3.05) is 13.7 Å². The van der Waals surface area contributed by atoms with Gasteiger partial charge in [0.25, 0.3) is 5.91 Å². The van der Waals surface area contributed by atoms with Crippen molar-refractivity contribution in [3.8, 4) is 11.5 Å². The van der Waals surface area contributed by atoms with E-state index >= 15 is 0 Å². The summed E-state index contributed by atoms with van der Waals surface area (Å²) in [6.45, 7) is -0.153. The highest BCUT2D eigenvalue weighted by molar-refractivity contribution is 5.81. The van der Waals surface area contributed by atoms with Crippen molar-refractivity contribution in [1.29, 1.82) is 0 Å². The molecule has 1 aromatic heterocycles. The minimum Gasteiger partial charge on any atom is -0.493 e. The van der Waals surface area contributed by atoms with E-state index in [9.17, 15) is 4.79 Å². The molecule has 1 amide bonds. The Balaban J connectivity index is 1.81. The second-order valence-corrected chi connectivity index (χ2v) is 3.99. The highest BCUT2D eigenvalue weighted by Crippen LogP contribution is 2.25. The maximum atomic E-state index is 11.6. The fourth-order valence-electron chi connectivity index (χ4n) is 1.54. The molecule has 0 aliphatic heterocycles. The second kappa shape index (κ2) is 7.64. The molecule has 0 saturated heterocycles. The number of hydrogen-bond acceptors (Lipinski definition) is 5. The van der Waals surface area contributed by atoms with Crippen LogP contribution in [0.5, 0.6) is 11.5 Å². The molecular formula is C15H15N3O3. The van der Waals surface area contributed by atoms with Crippen LogP contribution in [0.15, 0.2) is 53.8 Å². The number of nitrogens with one attached hydrogen (secondary N) is 1. The highest BCUT2D eigenvalue weighted by Gasteiger charge is 2.05. The van der Waals surface area contributed by atoms with Gasteiger partial charge in [-0.15, -0.1) is 0 Å². The van der Waals surface area contributed by atoms with Crippen LogP contribution in [0, 0.1) is 0 Å². The molecule has 1 heterocycles. The molecule has 0 spiro atoms. The lowest BCUT2D eigenvalue weighted by atomic mass is 10.3. The molecule has 0 atom stereocenters. The number of aromatic nitrogens is 1. The number of amides is 1. The predicted octanol–water partition coefficient (Wildman–Crippen LogP) is 1.62. The van der Waals surface area contributed by atoms with Crippen LogP contribution in [0.25, 0.3) is 0 Å². The van der Waals surface area contributed by atoms with Gasteiger partial charge in [0.1, 0.15) is 0 Å². The standard InChI is InChI=1S/C15H15N3O3/c1-20-13-7-2-3-8-14(13)21-11-15(19)18-17-10-12-6-4-5-9-16-12/h2-10H,11H2,1H3,(H,18,19). The quantitative estimate of drug-likeness (QED) is 0.646. The Labute approximate surface area is 122 Å². The zero-order valence-corrected chi connectivity index (χ0v) is 11.5. The maximum Gasteiger partial charge on any atom is 0.277 e. The van der Waals surface area contributed by atoms with Gasteiger partial charge in [0.2, 0.25) is 0 Å².